The molecule has 1 aromatic rings. The maximum Gasteiger partial charge on any atom is 0.0836 e. The second-order valence-corrected chi connectivity index (χ2v) is 8.14. The van der Waals surface area contributed by atoms with Crippen LogP contribution in [0.25, 0.3) is 0 Å². The Labute approximate surface area is 137 Å². The summed E-state index contributed by atoms with van der Waals surface area (Å²) in [6.07, 6.45) is 7.95. The van der Waals surface area contributed by atoms with E-state index in [-0.39, 0.29) is 5.60 Å². The highest BCUT2D eigenvalue weighted by Gasteiger charge is 2.43. The molecule has 0 aromatic carbocycles. The molecule has 3 fully saturated rings. The number of rotatable bonds is 5. The van der Waals surface area contributed by atoms with Gasteiger partial charge in [0.1, 0.15) is 0 Å². The van der Waals surface area contributed by atoms with Crippen LogP contribution in [0.2, 0.25) is 0 Å². The van der Waals surface area contributed by atoms with Crippen LogP contribution in [0.3, 0.4) is 0 Å². The molecular weight excluding hydrogens is 294 g/mol. The lowest BCUT2D eigenvalue weighted by atomic mass is 9.86. The topological polar surface area (TPSA) is 21.7 Å². The lowest BCUT2D eigenvalue weighted by Gasteiger charge is -2.38. The second kappa shape index (κ2) is 6.60. The van der Waals surface area contributed by atoms with Crippen LogP contribution >= 0.6 is 11.3 Å². The van der Waals surface area contributed by atoms with E-state index in [4.69, 9.17) is 9.47 Å². The second-order valence-electron chi connectivity index (χ2n) is 7.36. The molecule has 3 nitrogen and oxygen atoms in total. The lowest BCUT2D eigenvalue weighted by molar-refractivity contribution is -0.0474. The van der Waals surface area contributed by atoms with E-state index in [0.717, 1.165) is 45.2 Å². The van der Waals surface area contributed by atoms with Gasteiger partial charge in [-0.3, -0.25) is 4.90 Å². The van der Waals surface area contributed by atoms with Crippen LogP contribution in [-0.2, 0) is 16.0 Å². The first-order valence-corrected chi connectivity index (χ1v) is 9.75. The minimum absolute atomic E-state index is 0.120. The van der Waals surface area contributed by atoms with Gasteiger partial charge in [-0.05, 0) is 54.0 Å². The van der Waals surface area contributed by atoms with E-state index in [0.29, 0.717) is 6.10 Å². The van der Waals surface area contributed by atoms with Crippen LogP contribution in [-0.4, -0.2) is 42.9 Å². The summed E-state index contributed by atoms with van der Waals surface area (Å²) in [5.74, 6) is 0.837. The Bertz CT molecular complexity index is 463. The third kappa shape index (κ3) is 3.40. The molecule has 0 bridgehead atoms. The molecule has 3 heterocycles. The molecular formula is C18H27NO2S. The SMILES string of the molecule is c1cc(CN2CCC3(CC2)C[C@@H](OCC2CCC2)CO3)cs1. The Morgan fingerprint density at radius 1 is 1.32 bits per heavy atom. The molecule has 4 rings (SSSR count). The van der Waals surface area contributed by atoms with Crippen molar-refractivity contribution >= 4 is 11.3 Å². The van der Waals surface area contributed by atoms with Gasteiger partial charge in [-0.25, -0.2) is 0 Å². The summed E-state index contributed by atoms with van der Waals surface area (Å²) in [6, 6.07) is 2.24. The van der Waals surface area contributed by atoms with E-state index in [1.807, 2.05) is 0 Å². The summed E-state index contributed by atoms with van der Waals surface area (Å²) in [4.78, 5) is 2.57. The van der Waals surface area contributed by atoms with Gasteiger partial charge in [0.25, 0.3) is 0 Å². The molecule has 0 radical (unpaired) electrons. The fourth-order valence-corrected chi connectivity index (χ4v) is 4.61. The Morgan fingerprint density at radius 2 is 2.18 bits per heavy atom. The van der Waals surface area contributed by atoms with Crippen molar-refractivity contribution in [2.24, 2.45) is 5.92 Å². The maximum absolute atomic E-state index is 6.21. The molecule has 1 aliphatic carbocycles. The van der Waals surface area contributed by atoms with Crippen molar-refractivity contribution in [3.05, 3.63) is 22.4 Å². The highest BCUT2D eigenvalue weighted by Crippen LogP contribution is 2.38. The molecule has 1 aromatic heterocycles. The zero-order valence-corrected chi connectivity index (χ0v) is 14.2. The molecule has 22 heavy (non-hydrogen) atoms. The number of hydrogen-bond donors (Lipinski definition) is 0. The van der Waals surface area contributed by atoms with Crippen molar-refractivity contribution in [2.75, 3.05) is 26.3 Å². The fraction of sp³-hybridized carbons (Fsp3) is 0.778. The van der Waals surface area contributed by atoms with Crippen LogP contribution in [0.15, 0.2) is 16.8 Å². The van der Waals surface area contributed by atoms with Gasteiger partial charge >= 0.3 is 0 Å². The quantitative estimate of drug-likeness (QED) is 0.825. The average Bonchev–Trinajstić information content (AvgIpc) is 3.11. The van der Waals surface area contributed by atoms with Gasteiger partial charge in [-0.2, -0.15) is 11.3 Å². The van der Waals surface area contributed by atoms with E-state index >= 15 is 0 Å². The third-order valence-electron chi connectivity index (χ3n) is 5.72. The van der Waals surface area contributed by atoms with E-state index < -0.39 is 0 Å². The Kier molecular flexibility index (Phi) is 4.54. The number of likely N-dealkylation sites (tertiary alicyclic amines) is 1. The zero-order chi connectivity index (χ0) is 14.8. The Balaban J connectivity index is 1.22. The first-order chi connectivity index (χ1) is 10.8. The van der Waals surface area contributed by atoms with Gasteiger partial charge in [0.05, 0.1) is 18.3 Å². The molecule has 122 valence electrons. The molecule has 1 spiro atoms. The zero-order valence-electron chi connectivity index (χ0n) is 13.3. The number of ether oxygens (including phenoxy) is 2. The van der Waals surface area contributed by atoms with E-state index in [9.17, 15) is 0 Å². The van der Waals surface area contributed by atoms with Crippen molar-refractivity contribution in [3.8, 4) is 0 Å². The van der Waals surface area contributed by atoms with Gasteiger partial charge in [-0.1, -0.05) is 6.42 Å². The van der Waals surface area contributed by atoms with Crippen molar-refractivity contribution in [3.63, 3.8) is 0 Å². The fourth-order valence-electron chi connectivity index (χ4n) is 3.95. The van der Waals surface area contributed by atoms with Crippen molar-refractivity contribution < 1.29 is 9.47 Å². The lowest BCUT2D eigenvalue weighted by Crippen LogP contribution is -2.43. The molecule has 0 unspecified atom stereocenters. The average molecular weight is 321 g/mol. The van der Waals surface area contributed by atoms with Gasteiger partial charge in [-0.15, -0.1) is 0 Å². The van der Waals surface area contributed by atoms with Gasteiger partial charge in [0.15, 0.2) is 0 Å². The van der Waals surface area contributed by atoms with Gasteiger partial charge in [0, 0.05) is 32.7 Å². The van der Waals surface area contributed by atoms with E-state index in [1.165, 1.54) is 37.7 Å². The molecule has 4 heteroatoms. The minimum Gasteiger partial charge on any atom is -0.375 e. The number of thiophene rings is 1. The number of piperidine rings is 1. The molecule has 1 saturated carbocycles. The molecule has 2 aliphatic heterocycles. The Hall–Kier alpha value is -0.420. The summed E-state index contributed by atoms with van der Waals surface area (Å²) in [5, 5.41) is 4.44. The standard InChI is InChI=1S/C18H27NO2S/c1-2-15(3-1)12-20-17-10-18(21-13-17)5-7-19(8-6-18)11-16-4-9-22-14-16/h4,9,14-15,17H,1-3,5-8,10-13H2/t17-/m1/s1. The largest absolute Gasteiger partial charge is 0.375 e. The van der Waals surface area contributed by atoms with Crippen LogP contribution in [0.1, 0.15) is 44.1 Å². The predicted molar refractivity (Wildman–Crippen MR) is 89.2 cm³/mol. The normalized spacial score (nSPS) is 29.0. The highest BCUT2D eigenvalue weighted by molar-refractivity contribution is 7.07. The summed E-state index contributed by atoms with van der Waals surface area (Å²) >= 11 is 1.79. The first-order valence-electron chi connectivity index (χ1n) is 8.80. The van der Waals surface area contributed by atoms with Crippen LogP contribution in [0.5, 0.6) is 0 Å². The summed E-state index contributed by atoms with van der Waals surface area (Å²) in [6.45, 7) is 5.20. The molecule has 1 atom stereocenters. The summed E-state index contributed by atoms with van der Waals surface area (Å²) in [7, 11) is 0. The van der Waals surface area contributed by atoms with Gasteiger partial charge < -0.3 is 9.47 Å². The van der Waals surface area contributed by atoms with Gasteiger partial charge in [0.2, 0.25) is 0 Å². The van der Waals surface area contributed by atoms with Crippen LogP contribution in [0, 0.1) is 5.92 Å². The predicted octanol–water partition coefficient (Wildman–Crippen LogP) is 3.69. The summed E-state index contributed by atoms with van der Waals surface area (Å²) in [5.41, 5.74) is 1.57. The molecule has 2 saturated heterocycles. The van der Waals surface area contributed by atoms with Crippen molar-refractivity contribution in [1.82, 2.24) is 4.90 Å². The van der Waals surface area contributed by atoms with Crippen LogP contribution in [0.4, 0.5) is 0 Å². The Morgan fingerprint density at radius 3 is 2.86 bits per heavy atom. The maximum atomic E-state index is 6.21. The number of hydrogen-bond acceptors (Lipinski definition) is 4. The minimum atomic E-state index is 0.120. The monoisotopic (exact) mass is 321 g/mol. The smallest absolute Gasteiger partial charge is 0.0836 e. The first kappa shape index (κ1) is 15.1. The highest BCUT2D eigenvalue weighted by atomic mass is 32.1. The molecule has 3 aliphatic rings. The van der Waals surface area contributed by atoms with Crippen molar-refractivity contribution in [2.45, 2.75) is 56.8 Å². The van der Waals surface area contributed by atoms with Crippen molar-refractivity contribution in [1.29, 1.82) is 0 Å². The van der Waals surface area contributed by atoms with E-state index in [1.54, 1.807) is 11.3 Å². The van der Waals surface area contributed by atoms with E-state index in [2.05, 4.69) is 21.7 Å². The third-order valence-corrected chi connectivity index (χ3v) is 6.45. The number of nitrogens with zero attached hydrogens (tertiary/aromatic N) is 1. The molecule has 0 amide bonds. The van der Waals surface area contributed by atoms with Crippen LogP contribution < -0.4 is 0 Å². The molecule has 0 N–H and O–H groups in total. The summed E-state index contributed by atoms with van der Waals surface area (Å²) < 4.78 is 12.3.